The highest BCUT2D eigenvalue weighted by atomic mass is 35.5. The molecular formula is C13H11ClFNO. The lowest BCUT2D eigenvalue weighted by Gasteiger charge is -2.09. The second-order valence-corrected chi connectivity index (χ2v) is 3.88. The van der Waals surface area contributed by atoms with Crippen LogP contribution in [0, 0.1) is 5.82 Å². The Morgan fingerprint density at radius 3 is 2.41 bits per heavy atom. The molecule has 17 heavy (non-hydrogen) atoms. The molecule has 0 amide bonds. The van der Waals surface area contributed by atoms with Crippen LogP contribution < -0.4 is 10.1 Å². The van der Waals surface area contributed by atoms with E-state index in [4.69, 9.17) is 16.3 Å². The molecule has 0 saturated heterocycles. The summed E-state index contributed by atoms with van der Waals surface area (Å²) in [6.45, 7) is 0. The van der Waals surface area contributed by atoms with E-state index in [9.17, 15) is 4.39 Å². The van der Waals surface area contributed by atoms with Gasteiger partial charge >= 0.3 is 0 Å². The van der Waals surface area contributed by atoms with Gasteiger partial charge in [0.25, 0.3) is 0 Å². The molecule has 0 radical (unpaired) electrons. The quantitative estimate of drug-likeness (QED) is 0.881. The van der Waals surface area contributed by atoms with Gasteiger partial charge in [-0.1, -0.05) is 11.6 Å². The average molecular weight is 252 g/mol. The van der Waals surface area contributed by atoms with Crippen LogP contribution in [-0.4, -0.2) is 7.11 Å². The Bertz CT molecular complexity index is 513. The zero-order valence-electron chi connectivity index (χ0n) is 9.21. The largest absolute Gasteiger partial charge is 0.497 e. The van der Waals surface area contributed by atoms with E-state index in [1.165, 1.54) is 12.1 Å². The number of nitrogens with one attached hydrogen (secondary N) is 1. The predicted molar refractivity (Wildman–Crippen MR) is 67.7 cm³/mol. The summed E-state index contributed by atoms with van der Waals surface area (Å²) in [5.74, 6) is 0.427. The molecule has 0 heterocycles. The molecular weight excluding hydrogens is 241 g/mol. The Morgan fingerprint density at radius 2 is 1.82 bits per heavy atom. The number of hydrogen-bond donors (Lipinski definition) is 1. The van der Waals surface area contributed by atoms with Crippen molar-refractivity contribution < 1.29 is 9.13 Å². The third-order valence-corrected chi connectivity index (χ3v) is 2.61. The molecule has 0 aliphatic rings. The van der Waals surface area contributed by atoms with Gasteiger partial charge < -0.3 is 10.1 Å². The van der Waals surface area contributed by atoms with E-state index >= 15 is 0 Å². The maximum absolute atomic E-state index is 12.9. The molecule has 2 aromatic carbocycles. The van der Waals surface area contributed by atoms with Crippen molar-refractivity contribution in [1.82, 2.24) is 0 Å². The van der Waals surface area contributed by atoms with Crippen LogP contribution in [0.3, 0.4) is 0 Å². The molecule has 2 nitrogen and oxygen atoms in total. The first-order chi connectivity index (χ1) is 8.19. The zero-order valence-corrected chi connectivity index (χ0v) is 9.96. The van der Waals surface area contributed by atoms with Crippen LogP contribution in [0.4, 0.5) is 15.8 Å². The second-order valence-electron chi connectivity index (χ2n) is 3.48. The SMILES string of the molecule is COc1ccc(Nc2ccc(F)cc2Cl)cc1. The van der Waals surface area contributed by atoms with Crippen LogP contribution in [0.25, 0.3) is 0 Å². The van der Waals surface area contributed by atoms with Gasteiger partial charge in [0.05, 0.1) is 17.8 Å². The Morgan fingerprint density at radius 1 is 1.12 bits per heavy atom. The summed E-state index contributed by atoms with van der Waals surface area (Å²) >= 11 is 5.91. The number of halogens is 2. The van der Waals surface area contributed by atoms with Crippen molar-refractivity contribution in [2.75, 3.05) is 12.4 Å². The van der Waals surface area contributed by atoms with E-state index in [1.807, 2.05) is 24.3 Å². The Balaban J connectivity index is 2.19. The molecule has 2 aromatic rings. The highest BCUT2D eigenvalue weighted by Gasteiger charge is 2.02. The van der Waals surface area contributed by atoms with Crippen molar-refractivity contribution in [3.05, 3.63) is 53.3 Å². The average Bonchev–Trinajstić information content (AvgIpc) is 2.34. The van der Waals surface area contributed by atoms with Gasteiger partial charge in [0.1, 0.15) is 11.6 Å². The normalized spacial score (nSPS) is 10.1. The molecule has 0 aromatic heterocycles. The van der Waals surface area contributed by atoms with Crippen LogP contribution in [0.1, 0.15) is 0 Å². The summed E-state index contributed by atoms with van der Waals surface area (Å²) in [6.07, 6.45) is 0. The zero-order chi connectivity index (χ0) is 12.3. The minimum absolute atomic E-state index is 0.348. The van der Waals surface area contributed by atoms with Crippen molar-refractivity contribution in [2.24, 2.45) is 0 Å². The van der Waals surface area contributed by atoms with Gasteiger partial charge in [-0.25, -0.2) is 4.39 Å². The molecule has 0 atom stereocenters. The fourth-order valence-corrected chi connectivity index (χ4v) is 1.64. The second kappa shape index (κ2) is 5.06. The summed E-state index contributed by atoms with van der Waals surface area (Å²) in [6, 6.07) is 11.6. The first-order valence-electron chi connectivity index (χ1n) is 5.05. The van der Waals surface area contributed by atoms with Gasteiger partial charge in [-0.15, -0.1) is 0 Å². The smallest absolute Gasteiger partial charge is 0.124 e. The summed E-state index contributed by atoms with van der Waals surface area (Å²) in [4.78, 5) is 0. The number of hydrogen-bond acceptors (Lipinski definition) is 2. The number of rotatable bonds is 3. The van der Waals surface area contributed by atoms with E-state index in [1.54, 1.807) is 13.2 Å². The van der Waals surface area contributed by atoms with Gasteiger partial charge in [0, 0.05) is 5.69 Å². The maximum Gasteiger partial charge on any atom is 0.124 e. The van der Waals surface area contributed by atoms with E-state index < -0.39 is 0 Å². The fraction of sp³-hybridized carbons (Fsp3) is 0.0769. The van der Waals surface area contributed by atoms with Gasteiger partial charge in [0.2, 0.25) is 0 Å². The van der Waals surface area contributed by atoms with E-state index in [-0.39, 0.29) is 5.82 Å². The van der Waals surface area contributed by atoms with Crippen LogP contribution in [0.5, 0.6) is 5.75 Å². The third kappa shape index (κ3) is 2.88. The first-order valence-corrected chi connectivity index (χ1v) is 5.43. The molecule has 88 valence electrons. The lowest BCUT2D eigenvalue weighted by molar-refractivity contribution is 0.415. The van der Waals surface area contributed by atoms with E-state index in [0.29, 0.717) is 10.7 Å². The highest BCUT2D eigenvalue weighted by molar-refractivity contribution is 6.33. The van der Waals surface area contributed by atoms with Crippen molar-refractivity contribution >= 4 is 23.0 Å². The van der Waals surface area contributed by atoms with Crippen molar-refractivity contribution in [1.29, 1.82) is 0 Å². The summed E-state index contributed by atoms with van der Waals surface area (Å²) in [5.41, 5.74) is 1.53. The maximum atomic E-state index is 12.9. The minimum atomic E-state index is -0.352. The number of anilines is 2. The standard InChI is InChI=1S/C13H11ClFNO/c1-17-11-5-3-10(4-6-11)16-13-7-2-9(15)8-12(13)14/h2-8,16H,1H3. The molecule has 0 bridgehead atoms. The Labute approximate surface area is 104 Å². The van der Waals surface area contributed by atoms with E-state index in [0.717, 1.165) is 11.4 Å². The molecule has 2 rings (SSSR count). The lowest BCUT2D eigenvalue weighted by Crippen LogP contribution is -1.92. The third-order valence-electron chi connectivity index (χ3n) is 2.30. The molecule has 1 N–H and O–H groups in total. The van der Waals surface area contributed by atoms with Crippen LogP contribution in [0.15, 0.2) is 42.5 Å². The summed E-state index contributed by atoms with van der Waals surface area (Å²) in [5, 5.41) is 3.44. The van der Waals surface area contributed by atoms with Crippen molar-refractivity contribution in [3.8, 4) is 5.75 Å². The molecule has 0 spiro atoms. The van der Waals surface area contributed by atoms with Gasteiger partial charge in [-0.05, 0) is 42.5 Å². The van der Waals surface area contributed by atoms with Crippen LogP contribution in [-0.2, 0) is 0 Å². The van der Waals surface area contributed by atoms with Gasteiger partial charge in [-0.3, -0.25) is 0 Å². The minimum Gasteiger partial charge on any atom is -0.497 e. The predicted octanol–water partition coefficient (Wildman–Crippen LogP) is 4.23. The van der Waals surface area contributed by atoms with Crippen LogP contribution >= 0.6 is 11.6 Å². The number of benzene rings is 2. The molecule has 0 fully saturated rings. The van der Waals surface area contributed by atoms with Crippen molar-refractivity contribution in [2.45, 2.75) is 0 Å². The molecule has 0 unspecified atom stereocenters. The van der Waals surface area contributed by atoms with Crippen molar-refractivity contribution in [3.63, 3.8) is 0 Å². The molecule has 0 saturated carbocycles. The lowest BCUT2D eigenvalue weighted by atomic mass is 10.2. The van der Waals surface area contributed by atoms with Gasteiger partial charge in [0.15, 0.2) is 0 Å². The molecule has 0 aliphatic heterocycles. The first kappa shape index (κ1) is 11.7. The van der Waals surface area contributed by atoms with Crippen LogP contribution in [0.2, 0.25) is 5.02 Å². The molecule has 0 aliphatic carbocycles. The van der Waals surface area contributed by atoms with E-state index in [2.05, 4.69) is 5.32 Å². The number of methoxy groups -OCH3 is 1. The fourth-order valence-electron chi connectivity index (χ4n) is 1.42. The summed E-state index contributed by atoms with van der Waals surface area (Å²) < 4.78 is 17.9. The Hall–Kier alpha value is -1.74. The summed E-state index contributed by atoms with van der Waals surface area (Å²) in [7, 11) is 1.61. The highest BCUT2D eigenvalue weighted by Crippen LogP contribution is 2.26. The van der Waals surface area contributed by atoms with Gasteiger partial charge in [-0.2, -0.15) is 0 Å². The molecule has 4 heteroatoms. The Kier molecular flexibility index (Phi) is 3.49. The number of ether oxygens (including phenoxy) is 1. The topological polar surface area (TPSA) is 21.3 Å². The monoisotopic (exact) mass is 251 g/mol.